The van der Waals surface area contributed by atoms with Crippen molar-refractivity contribution in [3.63, 3.8) is 0 Å². The van der Waals surface area contributed by atoms with E-state index in [1.807, 2.05) is 26.0 Å². The lowest BCUT2D eigenvalue weighted by molar-refractivity contribution is -0.131. The molecule has 0 saturated carbocycles. The minimum absolute atomic E-state index is 0.00164. The number of aromatic carboxylic acids is 1. The Hall–Kier alpha value is -3.22. The number of carbonyl (C=O) groups excluding carboxylic acids is 2. The molecule has 0 radical (unpaired) electrons. The van der Waals surface area contributed by atoms with Crippen LogP contribution >= 0.6 is 0 Å². The van der Waals surface area contributed by atoms with E-state index in [0.29, 0.717) is 12.2 Å². The van der Waals surface area contributed by atoms with E-state index in [1.54, 1.807) is 17.0 Å². The molecule has 0 fully saturated rings. The van der Waals surface area contributed by atoms with E-state index in [1.165, 1.54) is 25.1 Å². The number of hydrogen-bond acceptors (Lipinski definition) is 4. The highest BCUT2D eigenvalue weighted by Crippen LogP contribution is 2.14. The van der Waals surface area contributed by atoms with Crippen LogP contribution in [0.15, 0.2) is 42.5 Å². The number of carbonyl (C=O) groups is 3. The number of benzene rings is 1. The summed E-state index contributed by atoms with van der Waals surface area (Å²) < 4.78 is 0. The molecule has 0 bridgehead atoms. The average Bonchev–Trinajstić information content (AvgIpc) is 2.60. The topological polar surface area (TPSA) is 99.6 Å². The molecule has 7 heteroatoms. The number of amides is 2. The van der Waals surface area contributed by atoms with Crippen molar-refractivity contribution in [2.24, 2.45) is 0 Å². The van der Waals surface area contributed by atoms with Gasteiger partial charge in [-0.3, -0.25) is 9.59 Å². The second kappa shape index (κ2) is 8.24. The quantitative estimate of drug-likeness (QED) is 0.830. The molecule has 1 aromatic carbocycles. The third-order valence-electron chi connectivity index (χ3n) is 3.79. The Labute approximate surface area is 151 Å². The normalized spacial score (nSPS) is 10.5. The minimum atomic E-state index is -1.19. The van der Waals surface area contributed by atoms with Crippen LogP contribution in [0.5, 0.6) is 0 Å². The highest BCUT2D eigenvalue weighted by Gasteiger charge is 2.14. The number of carboxylic acids is 1. The summed E-state index contributed by atoms with van der Waals surface area (Å²) in [6.45, 7) is 5.93. The molecule has 1 aromatic heterocycles. The number of aromatic nitrogens is 1. The van der Waals surface area contributed by atoms with Crippen LogP contribution in [-0.4, -0.2) is 38.8 Å². The fourth-order valence-electron chi connectivity index (χ4n) is 2.42. The fourth-order valence-corrected chi connectivity index (χ4v) is 2.42. The maximum Gasteiger partial charge on any atom is 0.354 e. The number of rotatable bonds is 6. The first kappa shape index (κ1) is 19.1. The van der Waals surface area contributed by atoms with Crippen molar-refractivity contribution < 1.29 is 19.5 Å². The van der Waals surface area contributed by atoms with Gasteiger partial charge < -0.3 is 15.3 Å². The van der Waals surface area contributed by atoms with Crippen LogP contribution in [0.1, 0.15) is 47.3 Å². The molecule has 2 amide bonds. The smallest absolute Gasteiger partial charge is 0.354 e. The van der Waals surface area contributed by atoms with E-state index in [4.69, 9.17) is 5.11 Å². The van der Waals surface area contributed by atoms with Gasteiger partial charge >= 0.3 is 5.97 Å². The van der Waals surface area contributed by atoms with Crippen LogP contribution in [0.2, 0.25) is 0 Å². The van der Waals surface area contributed by atoms with Crippen molar-refractivity contribution in [3.05, 3.63) is 59.4 Å². The number of pyridine rings is 1. The average molecular weight is 355 g/mol. The molecule has 26 heavy (non-hydrogen) atoms. The summed E-state index contributed by atoms with van der Waals surface area (Å²) in [5.74, 6) is -1.68. The number of nitrogens with zero attached hydrogens (tertiary/aromatic N) is 2. The molecule has 0 saturated heterocycles. The number of carboxylic acid groups (broad SMARTS) is 1. The molecule has 1 heterocycles. The van der Waals surface area contributed by atoms with Crippen LogP contribution in [-0.2, 0) is 11.3 Å². The van der Waals surface area contributed by atoms with E-state index < -0.39 is 11.9 Å². The van der Waals surface area contributed by atoms with Crippen LogP contribution in [0, 0.1) is 0 Å². The van der Waals surface area contributed by atoms with Gasteiger partial charge in [-0.2, -0.15) is 0 Å². The van der Waals surface area contributed by atoms with Gasteiger partial charge in [0.1, 0.15) is 11.4 Å². The molecule has 136 valence electrons. The van der Waals surface area contributed by atoms with Crippen LogP contribution in [0.4, 0.5) is 5.69 Å². The summed E-state index contributed by atoms with van der Waals surface area (Å²) in [6, 6.07) is 11.5. The van der Waals surface area contributed by atoms with Crippen molar-refractivity contribution in [3.8, 4) is 0 Å². The lowest BCUT2D eigenvalue weighted by Gasteiger charge is -2.25. The van der Waals surface area contributed by atoms with Crippen molar-refractivity contribution in [2.45, 2.75) is 33.4 Å². The lowest BCUT2D eigenvalue weighted by Crippen LogP contribution is -2.34. The van der Waals surface area contributed by atoms with Crippen LogP contribution < -0.4 is 5.32 Å². The van der Waals surface area contributed by atoms with Gasteiger partial charge in [0.15, 0.2) is 0 Å². The molecule has 2 N–H and O–H groups in total. The molecule has 2 aromatic rings. The first-order valence-corrected chi connectivity index (χ1v) is 8.15. The fraction of sp³-hybridized carbons (Fsp3) is 0.263. The maximum atomic E-state index is 12.2. The van der Waals surface area contributed by atoms with Crippen molar-refractivity contribution in [1.82, 2.24) is 9.88 Å². The summed E-state index contributed by atoms with van der Waals surface area (Å²) >= 11 is 0. The van der Waals surface area contributed by atoms with E-state index in [0.717, 1.165) is 5.56 Å². The van der Waals surface area contributed by atoms with Gasteiger partial charge in [0, 0.05) is 25.2 Å². The molecule has 0 aliphatic heterocycles. The van der Waals surface area contributed by atoms with Crippen molar-refractivity contribution in [1.29, 1.82) is 0 Å². The highest BCUT2D eigenvalue weighted by molar-refractivity contribution is 6.03. The monoisotopic (exact) mass is 355 g/mol. The Morgan fingerprint density at radius 2 is 1.69 bits per heavy atom. The summed E-state index contributed by atoms with van der Waals surface area (Å²) in [4.78, 5) is 40.4. The molecule has 0 atom stereocenters. The van der Waals surface area contributed by atoms with Crippen LogP contribution in [0.3, 0.4) is 0 Å². The molecule has 0 unspecified atom stereocenters. The second-order valence-electron chi connectivity index (χ2n) is 6.10. The Balaban J connectivity index is 2.07. The SMILES string of the molecule is CC(=O)N(Cc1ccc(NC(=O)c2cccc(C(=O)O)n2)cc1)C(C)C. The second-order valence-corrected chi connectivity index (χ2v) is 6.10. The summed E-state index contributed by atoms with van der Waals surface area (Å²) in [7, 11) is 0. The number of nitrogens with one attached hydrogen (secondary N) is 1. The van der Waals surface area contributed by atoms with Gasteiger partial charge in [-0.1, -0.05) is 18.2 Å². The number of anilines is 1. The van der Waals surface area contributed by atoms with Gasteiger partial charge in [-0.25, -0.2) is 9.78 Å². The molecular weight excluding hydrogens is 334 g/mol. The zero-order chi connectivity index (χ0) is 19.3. The number of hydrogen-bond donors (Lipinski definition) is 2. The largest absolute Gasteiger partial charge is 0.477 e. The molecular formula is C19H21N3O4. The van der Waals surface area contributed by atoms with E-state index >= 15 is 0 Å². The third-order valence-corrected chi connectivity index (χ3v) is 3.79. The minimum Gasteiger partial charge on any atom is -0.477 e. The summed E-state index contributed by atoms with van der Waals surface area (Å²) in [6.07, 6.45) is 0. The van der Waals surface area contributed by atoms with E-state index in [2.05, 4.69) is 10.3 Å². The standard InChI is InChI=1S/C19H21N3O4/c1-12(2)22(13(3)23)11-14-7-9-15(10-8-14)20-18(24)16-5-4-6-17(21-16)19(25)26/h4-10,12H,11H2,1-3H3,(H,20,24)(H,25,26). The Morgan fingerprint density at radius 3 is 2.23 bits per heavy atom. The summed E-state index contributed by atoms with van der Waals surface area (Å²) in [5.41, 5.74) is 1.33. The summed E-state index contributed by atoms with van der Waals surface area (Å²) in [5, 5.41) is 11.6. The van der Waals surface area contributed by atoms with Gasteiger partial charge in [-0.15, -0.1) is 0 Å². The highest BCUT2D eigenvalue weighted by atomic mass is 16.4. The lowest BCUT2D eigenvalue weighted by atomic mass is 10.1. The molecule has 0 spiro atoms. The first-order chi connectivity index (χ1) is 12.3. The Kier molecular flexibility index (Phi) is 6.06. The molecule has 0 aliphatic rings. The van der Waals surface area contributed by atoms with Crippen molar-refractivity contribution >= 4 is 23.5 Å². The van der Waals surface area contributed by atoms with Gasteiger partial charge in [0.2, 0.25) is 5.91 Å². The Morgan fingerprint density at radius 1 is 1.08 bits per heavy atom. The molecule has 7 nitrogen and oxygen atoms in total. The maximum absolute atomic E-state index is 12.2. The third kappa shape index (κ3) is 4.89. The zero-order valence-corrected chi connectivity index (χ0v) is 14.9. The Bertz CT molecular complexity index is 816. The van der Waals surface area contributed by atoms with Gasteiger partial charge in [0.05, 0.1) is 0 Å². The van der Waals surface area contributed by atoms with E-state index in [9.17, 15) is 14.4 Å². The first-order valence-electron chi connectivity index (χ1n) is 8.15. The molecule has 2 rings (SSSR count). The zero-order valence-electron chi connectivity index (χ0n) is 14.9. The van der Waals surface area contributed by atoms with E-state index in [-0.39, 0.29) is 23.3 Å². The van der Waals surface area contributed by atoms with Crippen LogP contribution in [0.25, 0.3) is 0 Å². The van der Waals surface area contributed by atoms with Gasteiger partial charge in [0.25, 0.3) is 5.91 Å². The molecule has 0 aliphatic carbocycles. The van der Waals surface area contributed by atoms with Gasteiger partial charge in [-0.05, 0) is 43.7 Å². The van der Waals surface area contributed by atoms with Crippen molar-refractivity contribution in [2.75, 3.05) is 5.32 Å². The predicted octanol–water partition coefficient (Wildman–Crippen LogP) is 2.79. The predicted molar refractivity (Wildman–Crippen MR) is 97.0 cm³/mol.